The van der Waals surface area contributed by atoms with Crippen molar-refractivity contribution < 1.29 is 14.6 Å². The smallest absolute Gasteiger partial charge is 0.142 e. The first-order valence-corrected chi connectivity index (χ1v) is 8.50. The van der Waals surface area contributed by atoms with E-state index in [1.165, 1.54) is 0 Å². The Morgan fingerprint density at radius 3 is 2.42 bits per heavy atom. The Labute approximate surface area is 153 Å². The molecule has 2 aromatic rings. The second-order valence-corrected chi connectivity index (χ2v) is 7.30. The first kappa shape index (κ1) is 18.2. The number of pyridine rings is 1. The third-order valence-corrected chi connectivity index (χ3v) is 4.52. The number of nitriles is 1. The molecular weight excluding hydrogens is 330 g/mol. The van der Waals surface area contributed by atoms with Gasteiger partial charge in [-0.1, -0.05) is 12.1 Å². The zero-order chi connectivity index (χ0) is 19.1. The minimum atomic E-state index is -0.605. The van der Waals surface area contributed by atoms with E-state index in [0.717, 1.165) is 22.4 Å². The van der Waals surface area contributed by atoms with Crippen LogP contribution in [-0.2, 0) is 15.9 Å². The number of ether oxygens (including phenoxy) is 2. The zero-order valence-corrected chi connectivity index (χ0v) is 15.5. The Hall–Kier alpha value is -2.62. The highest BCUT2D eigenvalue weighted by molar-refractivity contribution is 5.81. The third-order valence-electron chi connectivity index (χ3n) is 4.52. The van der Waals surface area contributed by atoms with Gasteiger partial charge in [-0.15, -0.1) is 0 Å². The number of anilines is 1. The lowest BCUT2D eigenvalue weighted by molar-refractivity contribution is -0.106. The molecule has 6 heteroatoms. The number of nitrogens with zero attached hydrogens (tertiary/aromatic N) is 2. The maximum Gasteiger partial charge on any atom is 0.142 e. The van der Waals surface area contributed by atoms with Gasteiger partial charge in [0.05, 0.1) is 17.9 Å². The number of benzene rings is 1. The van der Waals surface area contributed by atoms with Crippen LogP contribution in [0.25, 0.3) is 11.1 Å². The van der Waals surface area contributed by atoms with E-state index in [2.05, 4.69) is 11.1 Å². The summed E-state index contributed by atoms with van der Waals surface area (Å²) in [6.45, 7) is 8.04. The van der Waals surface area contributed by atoms with Crippen LogP contribution in [0.15, 0.2) is 24.3 Å². The number of aromatic nitrogens is 1. The van der Waals surface area contributed by atoms with E-state index in [-0.39, 0.29) is 19.0 Å². The highest BCUT2D eigenvalue weighted by Gasteiger charge is 2.47. The molecule has 1 aliphatic rings. The van der Waals surface area contributed by atoms with E-state index < -0.39 is 11.2 Å². The summed E-state index contributed by atoms with van der Waals surface area (Å²) in [7, 11) is 0. The fraction of sp³-hybridized carbons (Fsp3) is 0.400. The maximum absolute atomic E-state index is 9.70. The van der Waals surface area contributed by atoms with Crippen LogP contribution in [0.3, 0.4) is 0 Å². The van der Waals surface area contributed by atoms with E-state index in [9.17, 15) is 5.26 Å². The number of hydrogen-bond acceptors (Lipinski definition) is 6. The number of aliphatic hydroxyl groups is 1. The maximum atomic E-state index is 9.70. The van der Waals surface area contributed by atoms with Gasteiger partial charge in [0.2, 0.25) is 0 Å². The minimum Gasteiger partial charge on any atom is -0.491 e. The lowest BCUT2D eigenvalue weighted by Gasteiger charge is -2.25. The molecule has 0 unspecified atom stereocenters. The van der Waals surface area contributed by atoms with Crippen molar-refractivity contribution in [2.24, 2.45) is 0 Å². The van der Waals surface area contributed by atoms with Gasteiger partial charge in [0.15, 0.2) is 0 Å². The van der Waals surface area contributed by atoms with Gasteiger partial charge in [-0.25, -0.2) is 4.98 Å². The van der Waals surface area contributed by atoms with Crippen LogP contribution in [-0.4, -0.2) is 23.3 Å². The van der Waals surface area contributed by atoms with E-state index in [1.54, 1.807) is 0 Å². The lowest BCUT2D eigenvalue weighted by Crippen LogP contribution is -2.23. The molecule has 6 nitrogen and oxygen atoms in total. The van der Waals surface area contributed by atoms with Crippen molar-refractivity contribution in [3.8, 4) is 22.9 Å². The summed E-state index contributed by atoms with van der Waals surface area (Å²) in [6.07, 6.45) is 0. The molecule has 2 heterocycles. The minimum absolute atomic E-state index is 0.0463. The van der Waals surface area contributed by atoms with Gasteiger partial charge in [0.25, 0.3) is 0 Å². The average molecular weight is 353 g/mol. The number of fused-ring (bicyclic) bond motifs is 1. The van der Waals surface area contributed by atoms with Gasteiger partial charge in [-0.2, -0.15) is 5.26 Å². The van der Waals surface area contributed by atoms with Crippen LogP contribution in [0.2, 0.25) is 0 Å². The van der Waals surface area contributed by atoms with Crippen molar-refractivity contribution in [3.63, 3.8) is 0 Å². The van der Waals surface area contributed by atoms with E-state index in [1.807, 2.05) is 52.0 Å². The van der Waals surface area contributed by atoms with Crippen molar-refractivity contribution in [1.82, 2.24) is 4.98 Å². The van der Waals surface area contributed by atoms with Crippen LogP contribution in [0.1, 0.15) is 44.5 Å². The molecule has 0 radical (unpaired) electrons. The van der Waals surface area contributed by atoms with Crippen molar-refractivity contribution in [2.45, 2.75) is 38.9 Å². The molecule has 0 saturated heterocycles. The molecule has 0 bridgehead atoms. The molecule has 0 spiro atoms. The standard InChI is InChI=1S/C20H23N3O3/c1-19(2)16-15(12-5-7-13(8-6-12)25-10-9-24)14(11-21)18(22)23-17(16)20(3,4)26-19/h5-8,24H,9-10H2,1-4H3,(H2,22,23). The van der Waals surface area contributed by atoms with Crippen molar-refractivity contribution in [3.05, 3.63) is 41.1 Å². The lowest BCUT2D eigenvalue weighted by atomic mass is 9.85. The number of hydrogen-bond donors (Lipinski definition) is 2. The molecule has 3 rings (SSSR count). The number of nitrogen functional groups attached to an aromatic ring is 1. The molecule has 0 amide bonds. The fourth-order valence-electron chi connectivity index (χ4n) is 3.65. The number of nitrogens with two attached hydrogens (primary N) is 1. The molecule has 26 heavy (non-hydrogen) atoms. The van der Waals surface area contributed by atoms with Crippen LogP contribution in [0, 0.1) is 11.3 Å². The first-order chi connectivity index (χ1) is 12.2. The number of rotatable bonds is 4. The van der Waals surface area contributed by atoms with Crippen LogP contribution >= 0.6 is 0 Å². The van der Waals surface area contributed by atoms with Gasteiger partial charge >= 0.3 is 0 Å². The van der Waals surface area contributed by atoms with Gasteiger partial charge in [-0.05, 0) is 45.4 Å². The molecule has 3 N–H and O–H groups in total. The number of aliphatic hydroxyl groups excluding tert-OH is 1. The second kappa shape index (κ2) is 6.27. The Bertz CT molecular complexity index is 881. The van der Waals surface area contributed by atoms with Gasteiger partial charge in [0, 0.05) is 11.1 Å². The predicted octanol–water partition coefficient (Wildman–Crippen LogP) is 3.07. The highest BCUT2D eigenvalue weighted by Crippen LogP contribution is 2.51. The largest absolute Gasteiger partial charge is 0.491 e. The van der Waals surface area contributed by atoms with Crippen molar-refractivity contribution in [1.29, 1.82) is 5.26 Å². The van der Waals surface area contributed by atoms with Crippen molar-refractivity contribution in [2.75, 3.05) is 18.9 Å². The second-order valence-electron chi connectivity index (χ2n) is 7.30. The molecule has 1 aromatic carbocycles. The Balaban J connectivity index is 2.23. The third kappa shape index (κ3) is 2.90. The summed E-state index contributed by atoms with van der Waals surface area (Å²) in [6, 6.07) is 9.57. The average Bonchev–Trinajstić information content (AvgIpc) is 2.76. The molecule has 0 atom stereocenters. The summed E-state index contributed by atoms with van der Waals surface area (Å²) in [5, 5.41) is 18.6. The summed E-state index contributed by atoms with van der Waals surface area (Å²) >= 11 is 0. The first-order valence-electron chi connectivity index (χ1n) is 8.50. The molecule has 1 aromatic heterocycles. The normalized spacial score (nSPS) is 16.8. The topological polar surface area (TPSA) is 101 Å². The predicted molar refractivity (Wildman–Crippen MR) is 98.5 cm³/mol. The molecule has 136 valence electrons. The van der Waals surface area contributed by atoms with Crippen molar-refractivity contribution >= 4 is 5.82 Å². The summed E-state index contributed by atoms with van der Waals surface area (Å²) < 4.78 is 11.6. The molecule has 1 aliphatic heterocycles. The SMILES string of the molecule is CC1(C)OC(C)(C)c2c1nc(N)c(C#N)c2-c1ccc(OCCO)cc1. The van der Waals surface area contributed by atoms with Gasteiger partial charge in [0.1, 0.15) is 35.4 Å². The van der Waals surface area contributed by atoms with E-state index in [0.29, 0.717) is 11.3 Å². The fourth-order valence-corrected chi connectivity index (χ4v) is 3.65. The molecule has 0 saturated carbocycles. The van der Waals surface area contributed by atoms with Crippen LogP contribution in [0.4, 0.5) is 5.82 Å². The quantitative estimate of drug-likeness (QED) is 0.876. The zero-order valence-electron chi connectivity index (χ0n) is 15.5. The monoisotopic (exact) mass is 353 g/mol. The summed E-state index contributed by atoms with van der Waals surface area (Å²) in [4.78, 5) is 4.49. The van der Waals surface area contributed by atoms with Crippen LogP contribution < -0.4 is 10.5 Å². The Morgan fingerprint density at radius 1 is 1.19 bits per heavy atom. The molecular formula is C20H23N3O3. The highest BCUT2D eigenvalue weighted by atomic mass is 16.5. The summed E-state index contributed by atoms with van der Waals surface area (Å²) in [5.41, 5.74) is 8.49. The molecule has 0 aliphatic carbocycles. The van der Waals surface area contributed by atoms with E-state index >= 15 is 0 Å². The Morgan fingerprint density at radius 2 is 1.85 bits per heavy atom. The van der Waals surface area contributed by atoms with Gasteiger partial charge < -0.3 is 20.3 Å². The Kier molecular flexibility index (Phi) is 4.39. The van der Waals surface area contributed by atoms with Crippen LogP contribution in [0.5, 0.6) is 5.75 Å². The van der Waals surface area contributed by atoms with E-state index in [4.69, 9.17) is 20.3 Å². The molecule has 0 fully saturated rings. The summed E-state index contributed by atoms with van der Waals surface area (Å²) in [5.74, 6) is 0.854. The van der Waals surface area contributed by atoms with Gasteiger partial charge in [-0.3, -0.25) is 0 Å².